The number of rotatable bonds is 6. The number of hydrogen-bond donors (Lipinski definition) is 3. The van der Waals surface area contributed by atoms with Gasteiger partial charge >= 0.3 is 0 Å². The van der Waals surface area contributed by atoms with E-state index in [9.17, 15) is 9.59 Å². The first-order valence-corrected chi connectivity index (χ1v) is 6.85. The third-order valence-corrected chi connectivity index (χ3v) is 2.87. The Kier molecular flexibility index (Phi) is 9.01. The largest absolute Gasteiger partial charge is 0.346 e. The SMILES string of the molecule is CC(C)C[C@H](N)C(=O)NCC(=O)Nc1ccc(Cl)cc1.Cl. The highest BCUT2D eigenvalue weighted by molar-refractivity contribution is 6.30. The minimum Gasteiger partial charge on any atom is -0.346 e. The van der Waals surface area contributed by atoms with Crippen LogP contribution in [0.5, 0.6) is 0 Å². The summed E-state index contributed by atoms with van der Waals surface area (Å²) in [7, 11) is 0. The van der Waals surface area contributed by atoms with Crippen LogP contribution in [0.15, 0.2) is 24.3 Å². The maximum atomic E-state index is 11.6. The molecule has 0 aliphatic carbocycles. The number of amides is 2. The van der Waals surface area contributed by atoms with Gasteiger partial charge in [0.05, 0.1) is 12.6 Å². The Bertz CT molecular complexity index is 464. The predicted molar refractivity (Wildman–Crippen MR) is 87.8 cm³/mol. The molecular formula is C14H21Cl2N3O2. The Balaban J connectivity index is 0.00000400. The molecule has 1 rings (SSSR count). The summed E-state index contributed by atoms with van der Waals surface area (Å²) in [5.41, 5.74) is 6.34. The molecule has 0 radical (unpaired) electrons. The van der Waals surface area contributed by atoms with Gasteiger partial charge in [0.2, 0.25) is 11.8 Å². The van der Waals surface area contributed by atoms with Gasteiger partial charge < -0.3 is 16.4 Å². The van der Waals surface area contributed by atoms with Gasteiger partial charge in [0.1, 0.15) is 0 Å². The first-order chi connectivity index (χ1) is 9.38. The van der Waals surface area contributed by atoms with Crippen LogP contribution in [0, 0.1) is 5.92 Å². The lowest BCUT2D eigenvalue weighted by molar-refractivity contribution is -0.125. The van der Waals surface area contributed by atoms with Crippen LogP contribution in [0.2, 0.25) is 5.02 Å². The summed E-state index contributed by atoms with van der Waals surface area (Å²) in [6.07, 6.45) is 0.588. The van der Waals surface area contributed by atoms with Crippen LogP contribution >= 0.6 is 24.0 Å². The fourth-order valence-corrected chi connectivity index (χ4v) is 1.78. The molecule has 0 spiro atoms. The zero-order valence-electron chi connectivity index (χ0n) is 12.1. The molecule has 0 aliphatic rings. The average Bonchev–Trinajstić information content (AvgIpc) is 2.38. The Hall–Kier alpha value is -1.30. The second kappa shape index (κ2) is 9.60. The standard InChI is InChI=1S/C14H20ClN3O2.ClH/c1-9(2)7-12(16)14(20)17-8-13(19)18-11-5-3-10(15)4-6-11;/h3-6,9,12H,7-8,16H2,1-2H3,(H,17,20)(H,18,19);1H/t12-;/m0./s1. The normalized spacial score (nSPS) is 11.5. The van der Waals surface area contributed by atoms with Crippen molar-refractivity contribution >= 4 is 41.5 Å². The number of benzene rings is 1. The summed E-state index contributed by atoms with van der Waals surface area (Å²) in [5.74, 6) is -0.291. The van der Waals surface area contributed by atoms with Crippen LogP contribution in [-0.2, 0) is 9.59 Å². The summed E-state index contributed by atoms with van der Waals surface area (Å²) in [6, 6.07) is 6.14. The molecule has 0 heterocycles. The third kappa shape index (κ3) is 7.90. The van der Waals surface area contributed by atoms with Crippen LogP contribution in [0.25, 0.3) is 0 Å². The van der Waals surface area contributed by atoms with Crippen LogP contribution in [0.1, 0.15) is 20.3 Å². The Morgan fingerprint density at radius 2 is 1.81 bits per heavy atom. The molecule has 0 aromatic heterocycles. The van der Waals surface area contributed by atoms with Crippen LogP contribution in [-0.4, -0.2) is 24.4 Å². The molecule has 0 unspecified atom stereocenters. The molecule has 0 aliphatic heterocycles. The second-order valence-electron chi connectivity index (χ2n) is 5.01. The molecule has 4 N–H and O–H groups in total. The molecule has 1 atom stereocenters. The van der Waals surface area contributed by atoms with E-state index in [0.717, 1.165) is 0 Å². The van der Waals surface area contributed by atoms with E-state index < -0.39 is 6.04 Å². The quantitative estimate of drug-likeness (QED) is 0.746. The highest BCUT2D eigenvalue weighted by atomic mass is 35.5. The van der Waals surface area contributed by atoms with E-state index in [1.165, 1.54) is 0 Å². The maximum Gasteiger partial charge on any atom is 0.243 e. The topological polar surface area (TPSA) is 84.2 Å². The van der Waals surface area contributed by atoms with Gasteiger partial charge in [-0.2, -0.15) is 0 Å². The molecule has 1 aromatic carbocycles. The smallest absolute Gasteiger partial charge is 0.243 e. The van der Waals surface area contributed by atoms with Crippen molar-refractivity contribution in [1.29, 1.82) is 0 Å². The van der Waals surface area contributed by atoms with E-state index in [1.54, 1.807) is 24.3 Å². The number of carbonyl (C=O) groups excluding carboxylic acids is 2. The lowest BCUT2D eigenvalue weighted by atomic mass is 10.0. The molecule has 0 saturated carbocycles. The molecular weight excluding hydrogens is 313 g/mol. The van der Waals surface area contributed by atoms with Crippen molar-refractivity contribution in [3.05, 3.63) is 29.3 Å². The minimum atomic E-state index is -0.585. The molecule has 7 heteroatoms. The van der Waals surface area contributed by atoms with Crippen molar-refractivity contribution in [2.24, 2.45) is 11.7 Å². The average molecular weight is 334 g/mol. The van der Waals surface area contributed by atoms with Gasteiger partial charge in [-0.05, 0) is 36.6 Å². The van der Waals surface area contributed by atoms with Gasteiger partial charge in [-0.25, -0.2) is 0 Å². The number of anilines is 1. The summed E-state index contributed by atoms with van der Waals surface area (Å²) in [4.78, 5) is 23.3. The minimum absolute atomic E-state index is 0. The van der Waals surface area contributed by atoms with Gasteiger partial charge in [-0.1, -0.05) is 25.4 Å². The molecule has 1 aromatic rings. The molecule has 2 amide bonds. The molecule has 0 fully saturated rings. The Labute approximate surface area is 136 Å². The lowest BCUT2D eigenvalue weighted by Crippen LogP contribution is -2.44. The fourth-order valence-electron chi connectivity index (χ4n) is 1.65. The van der Waals surface area contributed by atoms with Crippen LogP contribution in [0.3, 0.4) is 0 Å². The number of nitrogens with one attached hydrogen (secondary N) is 2. The van der Waals surface area contributed by atoms with Crippen molar-refractivity contribution in [2.45, 2.75) is 26.3 Å². The first-order valence-electron chi connectivity index (χ1n) is 6.47. The van der Waals surface area contributed by atoms with Gasteiger partial charge in [0.15, 0.2) is 0 Å². The van der Waals surface area contributed by atoms with E-state index >= 15 is 0 Å². The van der Waals surface area contributed by atoms with Crippen LogP contribution < -0.4 is 16.4 Å². The number of carbonyl (C=O) groups is 2. The molecule has 118 valence electrons. The van der Waals surface area contributed by atoms with Gasteiger partial charge in [-0.3, -0.25) is 9.59 Å². The summed E-state index contributed by atoms with van der Waals surface area (Å²) in [5, 5.41) is 5.76. The van der Waals surface area contributed by atoms with E-state index in [4.69, 9.17) is 17.3 Å². The van der Waals surface area contributed by atoms with Crippen molar-refractivity contribution in [1.82, 2.24) is 5.32 Å². The molecule has 0 saturated heterocycles. The predicted octanol–water partition coefficient (Wildman–Crippen LogP) is 2.19. The highest BCUT2D eigenvalue weighted by Crippen LogP contribution is 2.13. The number of hydrogen-bond acceptors (Lipinski definition) is 3. The zero-order valence-corrected chi connectivity index (χ0v) is 13.6. The molecule has 0 bridgehead atoms. The van der Waals surface area contributed by atoms with E-state index in [0.29, 0.717) is 23.0 Å². The van der Waals surface area contributed by atoms with Gasteiger partial charge in [0, 0.05) is 10.7 Å². The number of halogens is 2. The number of nitrogens with two attached hydrogens (primary N) is 1. The Morgan fingerprint density at radius 1 is 1.24 bits per heavy atom. The van der Waals surface area contributed by atoms with Gasteiger partial charge in [-0.15, -0.1) is 12.4 Å². The fraction of sp³-hybridized carbons (Fsp3) is 0.429. The van der Waals surface area contributed by atoms with Crippen LogP contribution in [0.4, 0.5) is 5.69 Å². The monoisotopic (exact) mass is 333 g/mol. The summed E-state index contributed by atoms with van der Waals surface area (Å²) >= 11 is 5.74. The lowest BCUT2D eigenvalue weighted by Gasteiger charge is -2.14. The zero-order chi connectivity index (χ0) is 15.1. The van der Waals surface area contributed by atoms with E-state index in [2.05, 4.69) is 10.6 Å². The first kappa shape index (κ1) is 19.7. The maximum absolute atomic E-state index is 11.6. The van der Waals surface area contributed by atoms with Gasteiger partial charge in [0.25, 0.3) is 0 Å². The Morgan fingerprint density at radius 3 is 2.33 bits per heavy atom. The van der Waals surface area contributed by atoms with Crippen molar-refractivity contribution in [3.8, 4) is 0 Å². The second-order valence-corrected chi connectivity index (χ2v) is 5.45. The summed E-state index contributed by atoms with van der Waals surface area (Å²) < 4.78 is 0. The molecule has 21 heavy (non-hydrogen) atoms. The van der Waals surface area contributed by atoms with E-state index in [1.807, 2.05) is 13.8 Å². The third-order valence-electron chi connectivity index (χ3n) is 2.61. The van der Waals surface area contributed by atoms with Crippen molar-refractivity contribution < 1.29 is 9.59 Å². The summed E-state index contributed by atoms with van der Waals surface area (Å²) in [6.45, 7) is 3.87. The van der Waals surface area contributed by atoms with Crippen molar-refractivity contribution in [2.75, 3.05) is 11.9 Å². The highest BCUT2D eigenvalue weighted by Gasteiger charge is 2.15. The van der Waals surface area contributed by atoms with Crippen molar-refractivity contribution in [3.63, 3.8) is 0 Å². The molecule has 5 nitrogen and oxygen atoms in total. The van der Waals surface area contributed by atoms with E-state index in [-0.39, 0.29) is 30.8 Å².